The number of benzene rings is 1. The molecule has 0 aliphatic carbocycles. The highest BCUT2D eigenvalue weighted by atomic mass is 32.1. The van der Waals surface area contributed by atoms with Crippen LogP contribution < -0.4 is 0 Å². The minimum Gasteiger partial charge on any atom is -0.454 e. The average molecular weight is 299 g/mol. The van der Waals surface area contributed by atoms with Gasteiger partial charge in [-0.05, 0) is 42.8 Å². The van der Waals surface area contributed by atoms with Crippen LogP contribution in [0, 0.1) is 11.3 Å². The van der Waals surface area contributed by atoms with E-state index in [9.17, 15) is 9.59 Å². The number of rotatable bonds is 5. The molecular formula is C16H13NO3S. The molecule has 0 N–H and O–H groups in total. The van der Waals surface area contributed by atoms with Crippen LogP contribution in [-0.2, 0) is 11.2 Å². The number of nitrogens with zero attached hydrogens (tertiary/aromatic N) is 1. The van der Waals surface area contributed by atoms with Crippen LogP contribution in [0.5, 0.6) is 0 Å². The molecule has 5 heteroatoms. The fourth-order valence-electron chi connectivity index (χ4n) is 1.68. The molecule has 0 aliphatic rings. The van der Waals surface area contributed by atoms with Crippen molar-refractivity contribution in [3.8, 4) is 6.07 Å². The predicted octanol–water partition coefficient (Wildman–Crippen LogP) is 3.22. The largest absolute Gasteiger partial charge is 0.454 e. The molecule has 0 amide bonds. The van der Waals surface area contributed by atoms with E-state index in [2.05, 4.69) is 0 Å². The number of hydrogen-bond donors (Lipinski definition) is 0. The van der Waals surface area contributed by atoms with Crippen LogP contribution in [0.4, 0.5) is 0 Å². The van der Waals surface area contributed by atoms with Crippen molar-refractivity contribution in [3.63, 3.8) is 0 Å². The number of aryl methyl sites for hydroxylation is 1. The molecule has 4 nitrogen and oxygen atoms in total. The second-order valence-corrected chi connectivity index (χ2v) is 5.48. The molecular weight excluding hydrogens is 286 g/mol. The minimum atomic E-state index is -0.569. The van der Waals surface area contributed by atoms with Gasteiger partial charge in [-0.3, -0.25) is 4.79 Å². The summed E-state index contributed by atoms with van der Waals surface area (Å²) in [7, 11) is 0. The average Bonchev–Trinajstić information content (AvgIpc) is 3.01. The highest BCUT2D eigenvalue weighted by molar-refractivity contribution is 7.14. The summed E-state index contributed by atoms with van der Waals surface area (Å²) in [6.07, 6.45) is 0.878. The zero-order valence-electron chi connectivity index (χ0n) is 11.5. The van der Waals surface area contributed by atoms with Gasteiger partial charge in [0.1, 0.15) is 0 Å². The number of ketones is 1. The number of nitriles is 1. The van der Waals surface area contributed by atoms with Gasteiger partial charge in [0, 0.05) is 4.88 Å². The molecule has 0 saturated heterocycles. The Morgan fingerprint density at radius 1 is 1.19 bits per heavy atom. The van der Waals surface area contributed by atoms with E-state index in [1.165, 1.54) is 35.6 Å². The van der Waals surface area contributed by atoms with Crippen molar-refractivity contribution in [2.24, 2.45) is 0 Å². The zero-order chi connectivity index (χ0) is 15.2. The molecule has 1 heterocycles. The molecule has 1 aromatic carbocycles. The number of carbonyl (C=O) groups excluding carboxylic acids is 2. The summed E-state index contributed by atoms with van der Waals surface area (Å²) in [6.45, 7) is 1.74. The third-order valence-corrected chi connectivity index (χ3v) is 4.14. The topological polar surface area (TPSA) is 67.2 Å². The Labute approximate surface area is 126 Å². The molecule has 0 aliphatic heterocycles. The first-order valence-corrected chi connectivity index (χ1v) is 7.25. The van der Waals surface area contributed by atoms with Crippen LogP contribution in [-0.4, -0.2) is 18.4 Å². The maximum Gasteiger partial charge on any atom is 0.338 e. The van der Waals surface area contributed by atoms with Gasteiger partial charge in [0.25, 0.3) is 0 Å². The SMILES string of the molecule is CCc1ccc(C(=O)COC(=O)c2ccc(C#N)cc2)s1. The van der Waals surface area contributed by atoms with Gasteiger partial charge >= 0.3 is 5.97 Å². The van der Waals surface area contributed by atoms with Crippen LogP contribution in [0.15, 0.2) is 36.4 Å². The Morgan fingerprint density at radius 2 is 1.90 bits per heavy atom. The first-order chi connectivity index (χ1) is 10.1. The van der Waals surface area contributed by atoms with E-state index in [1.807, 2.05) is 19.1 Å². The van der Waals surface area contributed by atoms with Gasteiger partial charge in [0.15, 0.2) is 6.61 Å². The van der Waals surface area contributed by atoms with E-state index in [-0.39, 0.29) is 12.4 Å². The molecule has 0 saturated carbocycles. The van der Waals surface area contributed by atoms with Crippen LogP contribution in [0.25, 0.3) is 0 Å². The Hall–Kier alpha value is -2.45. The number of thiophene rings is 1. The fourth-order valence-corrected chi connectivity index (χ4v) is 2.56. The van der Waals surface area contributed by atoms with E-state index in [0.717, 1.165) is 11.3 Å². The Bertz CT molecular complexity index is 695. The molecule has 0 bridgehead atoms. The standard InChI is InChI=1S/C16H13NO3S/c1-2-13-7-8-15(21-13)14(18)10-20-16(19)12-5-3-11(9-17)4-6-12/h3-8H,2,10H2,1H3. The molecule has 1 aromatic heterocycles. The monoisotopic (exact) mass is 299 g/mol. The van der Waals surface area contributed by atoms with Gasteiger partial charge < -0.3 is 4.74 Å². The number of carbonyl (C=O) groups is 2. The van der Waals surface area contributed by atoms with Gasteiger partial charge in [-0.15, -0.1) is 11.3 Å². The molecule has 0 radical (unpaired) electrons. The van der Waals surface area contributed by atoms with E-state index in [1.54, 1.807) is 6.07 Å². The number of ether oxygens (including phenoxy) is 1. The van der Waals surface area contributed by atoms with Crippen LogP contribution in [0.3, 0.4) is 0 Å². The van der Waals surface area contributed by atoms with Crippen molar-refractivity contribution in [1.29, 1.82) is 5.26 Å². The van der Waals surface area contributed by atoms with Gasteiger partial charge in [-0.25, -0.2) is 4.79 Å². The van der Waals surface area contributed by atoms with Crippen molar-refractivity contribution >= 4 is 23.1 Å². The third kappa shape index (κ3) is 3.77. The summed E-state index contributed by atoms with van der Waals surface area (Å²) < 4.78 is 5.00. The van der Waals surface area contributed by atoms with Gasteiger partial charge in [0.2, 0.25) is 5.78 Å². The van der Waals surface area contributed by atoms with Gasteiger partial charge in [0.05, 0.1) is 22.1 Å². The minimum absolute atomic E-state index is 0.207. The Balaban J connectivity index is 1.94. The summed E-state index contributed by atoms with van der Waals surface area (Å²) in [5, 5.41) is 8.68. The normalized spacial score (nSPS) is 9.90. The Kier molecular flexibility index (Phi) is 4.85. The lowest BCUT2D eigenvalue weighted by atomic mass is 10.1. The molecule has 0 atom stereocenters. The second-order valence-electron chi connectivity index (χ2n) is 4.31. The van der Waals surface area contributed by atoms with E-state index < -0.39 is 5.97 Å². The highest BCUT2D eigenvalue weighted by Crippen LogP contribution is 2.17. The highest BCUT2D eigenvalue weighted by Gasteiger charge is 2.13. The maximum absolute atomic E-state index is 11.9. The lowest BCUT2D eigenvalue weighted by Gasteiger charge is -2.03. The van der Waals surface area contributed by atoms with E-state index >= 15 is 0 Å². The summed E-state index contributed by atoms with van der Waals surface area (Å²) >= 11 is 1.42. The number of Topliss-reactive ketones (excluding diaryl/α,β-unsaturated/α-hetero) is 1. The van der Waals surface area contributed by atoms with Crippen molar-refractivity contribution < 1.29 is 14.3 Å². The van der Waals surface area contributed by atoms with E-state index in [4.69, 9.17) is 10.00 Å². The first-order valence-electron chi connectivity index (χ1n) is 6.43. The van der Waals surface area contributed by atoms with Crippen LogP contribution in [0.1, 0.15) is 37.4 Å². The van der Waals surface area contributed by atoms with E-state index in [0.29, 0.717) is 16.0 Å². The van der Waals surface area contributed by atoms with Crippen molar-refractivity contribution in [2.75, 3.05) is 6.61 Å². The summed E-state index contributed by atoms with van der Waals surface area (Å²) in [5.74, 6) is -0.776. The van der Waals surface area contributed by atoms with Gasteiger partial charge in [-0.2, -0.15) is 5.26 Å². The number of hydrogen-bond acceptors (Lipinski definition) is 5. The van der Waals surface area contributed by atoms with Crippen molar-refractivity contribution in [2.45, 2.75) is 13.3 Å². The molecule has 0 unspecified atom stereocenters. The molecule has 0 spiro atoms. The van der Waals surface area contributed by atoms with Crippen LogP contribution >= 0.6 is 11.3 Å². The lowest BCUT2D eigenvalue weighted by Crippen LogP contribution is -2.13. The summed E-state index contributed by atoms with van der Waals surface area (Å²) in [6, 6.07) is 11.7. The molecule has 0 fully saturated rings. The maximum atomic E-state index is 11.9. The first kappa shape index (κ1) is 14.9. The van der Waals surface area contributed by atoms with Gasteiger partial charge in [-0.1, -0.05) is 6.92 Å². The second kappa shape index (κ2) is 6.82. The smallest absolute Gasteiger partial charge is 0.338 e. The number of esters is 1. The summed E-state index contributed by atoms with van der Waals surface area (Å²) in [4.78, 5) is 25.4. The molecule has 2 aromatic rings. The molecule has 21 heavy (non-hydrogen) atoms. The predicted molar refractivity (Wildman–Crippen MR) is 79.5 cm³/mol. The van der Waals surface area contributed by atoms with Crippen molar-refractivity contribution in [1.82, 2.24) is 0 Å². The molecule has 2 rings (SSSR count). The van der Waals surface area contributed by atoms with Crippen LogP contribution in [0.2, 0.25) is 0 Å². The zero-order valence-corrected chi connectivity index (χ0v) is 12.3. The quantitative estimate of drug-likeness (QED) is 0.628. The van der Waals surface area contributed by atoms with Crippen molar-refractivity contribution in [3.05, 3.63) is 57.3 Å². The Morgan fingerprint density at radius 3 is 2.48 bits per heavy atom. The summed E-state index contributed by atoms with van der Waals surface area (Å²) in [5.41, 5.74) is 0.788. The lowest BCUT2D eigenvalue weighted by molar-refractivity contribution is 0.0476. The fraction of sp³-hybridized carbons (Fsp3) is 0.188. The third-order valence-electron chi connectivity index (χ3n) is 2.87. The molecule has 106 valence electrons.